The summed E-state index contributed by atoms with van der Waals surface area (Å²) in [6.45, 7) is 7.98. The number of aromatic nitrogens is 2. The summed E-state index contributed by atoms with van der Waals surface area (Å²) in [7, 11) is 0. The van der Waals surface area contributed by atoms with Gasteiger partial charge in [-0.1, -0.05) is 18.2 Å². The third kappa shape index (κ3) is 6.36. The second kappa shape index (κ2) is 11.2. The number of primary amides is 1. The zero-order chi connectivity index (χ0) is 26.5. The highest BCUT2D eigenvalue weighted by molar-refractivity contribution is 7.09. The molecule has 2 aromatic heterocycles. The Kier molecular flexibility index (Phi) is 8.25. The van der Waals surface area contributed by atoms with Gasteiger partial charge in [0.1, 0.15) is 16.7 Å². The molecule has 3 rings (SSSR count). The number of nitrogens with two attached hydrogens (primary N) is 2. The van der Waals surface area contributed by atoms with E-state index in [0.29, 0.717) is 23.5 Å². The van der Waals surface area contributed by atoms with Gasteiger partial charge in [-0.15, -0.1) is 0 Å². The van der Waals surface area contributed by atoms with E-state index in [4.69, 9.17) is 16.2 Å². The standard InChI is InChI=1S/C25H30N6O4S/c1-5-35-17-10-8-16(9-11-17)20(23(33)29-25(2,3)4)31(14-15-7-6-12-28-13-15)24(34)21-18(26)19(22(27)32)30-36-21/h6-13,20H,5,14,26H2,1-4H3,(H2,27,32)(H,29,33)/t20-/m0/s1. The molecule has 0 aliphatic carbocycles. The largest absolute Gasteiger partial charge is 0.494 e. The molecule has 3 amide bonds. The first-order chi connectivity index (χ1) is 17.0. The number of anilines is 1. The van der Waals surface area contributed by atoms with E-state index >= 15 is 0 Å². The first kappa shape index (κ1) is 26.6. The van der Waals surface area contributed by atoms with Crippen LogP contribution in [0.2, 0.25) is 0 Å². The summed E-state index contributed by atoms with van der Waals surface area (Å²) in [5, 5.41) is 2.97. The number of nitrogens with zero attached hydrogens (tertiary/aromatic N) is 3. The number of nitrogens with one attached hydrogen (secondary N) is 1. The molecule has 11 heteroatoms. The lowest BCUT2D eigenvalue weighted by Crippen LogP contribution is -2.49. The van der Waals surface area contributed by atoms with Crippen LogP contribution in [-0.4, -0.2) is 44.1 Å². The van der Waals surface area contributed by atoms with E-state index in [0.717, 1.165) is 11.5 Å². The SMILES string of the molecule is CCOc1ccc([C@@H](C(=O)NC(C)(C)C)N(Cc2cccnc2)C(=O)c2snc(C(N)=O)c2N)cc1. The van der Waals surface area contributed by atoms with Gasteiger partial charge in [-0.3, -0.25) is 19.4 Å². The van der Waals surface area contributed by atoms with E-state index in [2.05, 4.69) is 14.7 Å². The number of pyridine rings is 1. The molecule has 0 saturated carbocycles. The second-order valence-corrected chi connectivity index (χ2v) is 9.85. The third-order valence-electron chi connectivity index (χ3n) is 5.06. The maximum absolute atomic E-state index is 13.9. The molecule has 0 radical (unpaired) electrons. The summed E-state index contributed by atoms with van der Waals surface area (Å²) in [5.41, 5.74) is 11.8. The van der Waals surface area contributed by atoms with Gasteiger partial charge in [0.05, 0.1) is 12.3 Å². The Morgan fingerprint density at radius 1 is 1.17 bits per heavy atom. The van der Waals surface area contributed by atoms with Gasteiger partial charge in [-0.05, 0) is 68.6 Å². The first-order valence-corrected chi connectivity index (χ1v) is 12.1. The number of amides is 3. The summed E-state index contributed by atoms with van der Waals surface area (Å²) in [6, 6.07) is 9.48. The van der Waals surface area contributed by atoms with Crippen LogP contribution in [0.5, 0.6) is 5.75 Å². The summed E-state index contributed by atoms with van der Waals surface area (Å²) < 4.78 is 9.50. The average Bonchev–Trinajstić information content (AvgIpc) is 3.20. The van der Waals surface area contributed by atoms with Crippen LogP contribution in [0, 0.1) is 0 Å². The maximum Gasteiger partial charge on any atom is 0.270 e. The fraction of sp³-hybridized carbons (Fsp3) is 0.320. The van der Waals surface area contributed by atoms with Gasteiger partial charge in [0, 0.05) is 24.5 Å². The fourth-order valence-electron chi connectivity index (χ4n) is 3.55. The van der Waals surface area contributed by atoms with Gasteiger partial charge >= 0.3 is 0 Å². The molecule has 0 unspecified atom stereocenters. The van der Waals surface area contributed by atoms with E-state index in [9.17, 15) is 14.4 Å². The van der Waals surface area contributed by atoms with Crippen LogP contribution in [0.3, 0.4) is 0 Å². The molecule has 1 aromatic carbocycles. The predicted octanol–water partition coefficient (Wildman–Crippen LogP) is 2.92. The minimum Gasteiger partial charge on any atom is -0.494 e. The van der Waals surface area contributed by atoms with Crippen LogP contribution >= 0.6 is 11.5 Å². The number of carbonyl (C=O) groups is 3. The van der Waals surface area contributed by atoms with Crippen molar-refractivity contribution < 1.29 is 19.1 Å². The number of benzene rings is 1. The van der Waals surface area contributed by atoms with Crippen LogP contribution in [0.1, 0.15) is 65.0 Å². The van der Waals surface area contributed by atoms with Crippen LogP contribution in [0.4, 0.5) is 5.69 Å². The highest BCUT2D eigenvalue weighted by Gasteiger charge is 2.36. The molecule has 3 aromatic rings. The number of rotatable bonds is 9. The average molecular weight is 511 g/mol. The number of ether oxygens (including phenoxy) is 1. The van der Waals surface area contributed by atoms with Crippen molar-refractivity contribution in [1.29, 1.82) is 0 Å². The van der Waals surface area contributed by atoms with E-state index in [1.165, 1.54) is 4.90 Å². The lowest BCUT2D eigenvalue weighted by Gasteiger charge is -2.33. The number of hydrogen-bond acceptors (Lipinski definition) is 8. The molecular formula is C25H30N6O4S. The fourth-order valence-corrected chi connectivity index (χ4v) is 4.31. The van der Waals surface area contributed by atoms with Crippen molar-refractivity contribution in [2.24, 2.45) is 5.73 Å². The quantitative estimate of drug-likeness (QED) is 0.400. The number of nitrogen functional groups attached to an aromatic ring is 1. The Morgan fingerprint density at radius 2 is 1.86 bits per heavy atom. The molecule has 5 N–H and O–H groups in total. The van der Waals surface area contributed by atoms with Crippen molar-refractivity contribution in [2.75, 3.05) is 12.3 Å². The minimum atomic E-state index is -1.04. The Morgan fingerprint density at radius 3 is 2.39 bits per heavy atom. The van der Waals surface area contributed by atoms with Gasteiger partial charge in [-0.2, -0.15) is 4.37 Å². The van der Waals surface area contributed by atoms with Crippen LogP contribution in [0.25, 0.3) is 0 Å². The van der Waals surface area contributed by atoms with Gasteiger partial charge < -0.3 is 26.4 Å². The van der Waals surface area contributed by atoms with Crippen molar-refractivity contribution in [3.63, 3.8) is 0 Å². The monoisotopic (exact) mass is 510 g/mol. The zero-order valence-corrected chi connectivity index (χ0v) is 21.5. The van der Waals surface area contributed by atoms with Gasteiger partial charge in [-0.25, -0.2) is 0 Å². The van der Waals surface area contributed by atoms with E-state index in [-0.39, 0.29) is 28.7 Å². The molecule has 10 nitrogen and oxygen atoms in total. The lowest BCUT2D eigenvalue weighted by atomic mass is 10.0. The minimum absolute atomic E-state index is 0.0205. The van der Waals surface area contributed by atoms with E-state index < -0.39 is 23.4 Å². The summed E-state index contributed by atoms with van der Waals surface area (Å²) in [6.07, 6.45) is 3.23. The Balaban J connectivity index is 2.14. The molecule has 36 heavy (non-hydrogen) atoms. The van der Waals surface area contributed by atoms with E-state index in [1.807, 2.05) is 27.7 Å². The normalized spacial score (nSPS) is 12.0. The maximum atomic E-state index is 13.9. The number of hydrogen-bond donors (Lipinski definition) is 3. The smallest absolute Gasteiger partial charge is 0.270 e. The molecule has 1 atom stereocenters. The summed E-state index contributed by atoms with van der Waals surface area (Å²) in [5.74, 6) is -1.15. The van der Waals surface area contributed by atoms with Crippen molar-refractivity contribution in [3.05, 3.63) is 70.5 Å². The van der Waals surface area contributed by atoms with Crippen molar-refractivity contribution in [2.45, 2.75) is 45.8 Å². The molecule has 190 valence electrons. The Labute approximate surface area is 213 Å². The highest BCUT2D eigenvalue weighted by Crippen LogP contribution is 2.31. The lowest BCUT2D eigenvalue weighted by molar-refractivity contribution is -0.127. The number of carbonyl (C=O) groups excluding carboxylic acids is 3. The molecule has 0 bridgehead atoms. The topological polar surface area (TPSA) is 154 Å². The highest BCUT2D eigenvalue weighted by atomic mass is 32.1. The van der Waals surface area contributed by atoms with Crippen LogP contribution < -0.4 is 21.5 Å². The van der Waals surface area contributed by atoms with E-state index in [1.54, 1.807) is 48.8 Å². The molecule has 0 saturated heterocycles. The van der Waals surface area contributed by atoms with Crippen LogP contribution in [-0.2, 0) is 11.3 Å². The predicted molar refractivity (Wildman–Crippen MR) is 137 cm³/mol. The first-order valence-electron chi connectivity index (χ1n) is 11.3. The van der Waals surface area contributed by atoms with Crippen molar-refractivity contribution >= 4 is 34.9 Å². The van der Waals surface area contributed by atoms with Gasteiger partial charge in [0.2, 0.25) is 5.91 Å². The molecule has 0 spiro atoms. The zero-order valence-electron chi connectivity index (χ0n) is 20.6. The molecule has 0 fully saturated rings. The second-order valence-electron chi connectivity index (χ2n) is 9.08. The third-order valence-corrected chi connectivity index (χ3v) is 5.91. The summed E-state index contributed by atoms with van der Waals surface area (Å²) >= 11 is 0.764. The summed E-state index contributed by atoms with van der Waals surface area (Å²) in [4.78, 5) is 44.8. The molecule has 0 aliphatic heterocycles. The van der Waals surface area contributed by atoms with Crippen molar-refractivity contribution in [1.82, 2.24) is 19.6 Å². The molecule has 2 heterocycles. The van der Waals surface area contributed by atoms with Gasteiger partial charge in [0.25, 0.3) is 11.8 Å². The Bertz CT molecular complexity index is 1220. The molecular weight excluding hydrogens is 480 g/mol. The van der Waals surface area contributed by atoms with Gasteiger partial charge in [0.15, 0.2) is 5.69 Å². The van der Waals surface area contributed by atoms with Crippen LogP contribution in [0.15, 0.2) is 48.8 Å². The van der Waals surface area contributed by atoms with Crippen molar-refractivity contribution in [3.8, 4) is 5.75 Å². The molecule has 0 aliphatic rings. The Hall–Kier alpha value is -3.99.